The first kappa shape index (κ1) is 9.23. The zero-order valence-electron chi connectivity index (χ0n) is 7.29. The minimum absolute atomic E-state index is 0.544. The molecule has 0 atom stereocenters. The molecule has 0 unspecified atom stereocenters. The number of halogens is 1. The number of nitrogen functional groups attached to an aromatic ring is 2. The highest BCUT2D eigenvalue weighted by atomic mass is 79.9. The smallest absolute Gasteiger partial charge is 0.0827 e. The molecule has 14 heavy (non-hydrogen) atoms. The third-order valence-corrected chi connectivity index (χ3v) is 2.50. The summed E-state index contributed by atoms with van der Waals surface area (Å²) in [5.41, 5.74) is 10.4. The molecule has 0 aliphatic rings. The van der Waals surface area contributed by atoms with E-state index in [9.17, 15) is 0 Å². The predicted molar refractivity (Wildman–Crippen MR) is 61.7 cm³/mol. The van der Waals surface area contributed by atoms with Crippen molar-refractivity contribution < 1.29 is 0 Å². The molecule has 2 rings (SSSR count). The van der Waals surface area contributed by atoms with E-state index in [4.69, 9.17) is 11.6 Å². The van der Waals surface area contributed by atoms with Gasteiger partial charge >= 0.3 is 0 Å². The lowest BCUT2D eigenvalue weighted by Gasteiger charge is -2.08. The standard InChI is InChI=1S/C9H9BrN4/c10-5-1-2-6-8(3-5)13-4-7(11)9(6)14-12/h1-4H,11-12H2,(H,13,14). The van der Waals surface area contributed by atoms with E-state index >= 15 is 0 Å². The third-order valence-electron chi connectivity index (χ3n) is 2.00. The van der Waals surface area contributed by atoms with E-state index in [0.717, 1.165) is 15.4 Å². The number of hydrogen-bond donors (Lipinski definition) is 3. The summed E-state index contributed by atoms with van der Waals surface area (Å²) in [5.74, 6) is 5.39. The van der Waals surface area contributed by atoms with Gasteiger partial charge in [0, 0.05) is 9.86 Å². The van der Waals surface area contributed by atoms with Gasteiger partial charge in [0.2, 0.25) is 0 Å². The van der Waals surface area contributed by atoms with E-state index in [1.807, 2.05) is 18.2 Å². The number of aromatic nitrogens is 1. The number of fused-ring (bicyclic) bond motifs is 1. The normalized spacial score (nSPS) is 10.4. The van der Waals surface area contributed by atoms with Gasteiger partial charge in [-0.05, 0) is 18.2 Å². The van der Waals surface area contributed by atoms with Gasteiger partial charge in [-0.3, -0.25) is 10.8 Å². The van der Waals surface area contributed by atoms with E-state index in [0.29, 0.717) is 11.4 Å². The Bertz CT molecular complexity index is 483. The Morgan fingerprint density at radius 2 is 2.14 bits per heavy atom. The third kappa shape index (κ3) is 1.40. The molecule has 0 saturated heterocycles. The molecule has 0 aliphatic heterocycles. The van der Waals surface area contributed by atoms with Crippen LogP contribution in [0, 0.1) is 0 Å². The Hall–Kier alpha value is -1.33. The second kappa shape index (κ2) is 3.43. The molecule has 0 radical (unpaired) electrons. The van der Waals surface area contributed by atoms with Crippen LogP contribution < -0.4 is 17.0 Å². The zero-order valence-corrected chi connectivity index (χ0v) is 8.88. The van der Waals surface area contributed by atoms with Crippen LogP contribution >= 0.6 is 15.9 Å². The topological polar surface area (TPSA) is 77.0 Å². The number of nitrogens with one attached hydrogen (secondary N) is 1. The van der Waals surface area contributed by atoms with Crippen molar-refractivity contribution >= 4 is 38.2 Å². The Morgan fingerprint density at radius 1 is 1.36 bits per heavy atom. The van der Waals surface area contributed by atoms with E-state index in [1.54, 1.807) is 6.20 Å². The van der Waals surface area contributed by atoms with Gasteiger partial charge in [-0.15, -0.1) is 0 Å². The van der Waals surface area contributed by atoms with Crippen LogP contribution in [-0.4, -0.2) is 4.98 Å². The summed E-state index contributed by atoms with van der Waals surface area (Å²) in [6, 6.07) is 5.75. The number of hydrazine groups is 1. The number of nitrogens with zero attached hydrogens (tertiary/aromatic N) is 1. The zero-order chi connectivity index (χ0) is 10.1. The van der Waals surface area contributed by atoms with Crippen LogP contribution in [0.4, 0.5) is 11.4 Å². The summed E-state index contributed by atoms with van der Waals surface area (Å²) in [6.45, 7) is 0. The molecule has 0 bridgehead atoms. The van der Waals surface area contributed by atoms with Gasteiger partial charge in [0.15, 0.2) is 0 Å². The van der Waals surface area contributed by atoms with Crippen molar-refractivity contribution in [1.29, 1.82) is 0 Å². The van der Waals surface area contributed by atoms with Gasteiger partial charge in [-0.1, -0.05) is 15.9 Å². The fourth-order valence-corrected chi connectivity index (χ4v) is 1.69. The molecule has 0 amide bonds. The van der Waals surface area contributed by atoms with Gasteiger partial charge in [0.25, 0.3) is 0 Å². The van der Waals surface area contributed by atoms with Gasteiger partial charge in [-0.25, -0.2) is 0 Å². The Labute approximate surface area is 89.4 Å². The van der Waals surface area contributed by atoms with Crippen molar-refractivity contribution in [2.24, 2.45) is 5.84 Å². The Kier molecular flexibility index (Phi) is 2.26. The molecular formula is C9H9BrN4. The molecule has 5 N–H and O–H groups in total. The number of hydrogen-bond acceptors (Lipinski definition) is 4. The quantitative estimate of drug-likeness (QED) is 0.535. The first-order chi connectivity index (χ1) is 6.72. The van der Waals surface area contributed by atoms with E-state index in [1.165, 1.54) is 0 Å². The van der Waals surface area contributed by atoms with Crippen molar-refractivity contribution in [3.05, 3.63) is 28.9 Å². The van der Waals surface area contributed by atoms with Crippen LogP contribution in [0.3, 0.4) is 0 Å². The molecule has 0 aliphatic carbocycles. The summed E-state index contributed by atoms with van der Waals surface area (Å²) < 4.78 is 0.977. The predicted octanol–water partition coefficient (Wildman–Crippen LogP) is 1.87. The van der Waals surface area contributed by atoms with Crippen LogP contribution in [0.15, 0.2) is 28.9 Å². The van der Waals surface area contributed by atoms with Crippen molar-refractivity contribution in [1.82, 2.24) is 4.98 Å². The number of pyridine rings is 1. The number of rotatable bonds is 1. The average molecular weight is 253 g/mol. The van der Waals surface area contributed by atoms with Gasteiger partial charge in [0.1, 0.15) is 0 Å². The highest BCUT2D eigenvalue weighted by Gasteiger charge is 2.04. The molecule has 72 valence electrons. The molecule has 0 fully saturated rings. The van der Waals surface area contributed by atoms with Crippen LogP contribution in [0.1, 0.15) is 0 Å². The minimum atomic E-state index is 0.544. The van der Waals surface area contributed by atoms with Crippen LogP contribution in [0.2, 0.25) is 0 Å². The summed E-state index contributed by atoms with van der Waals surface area (Å²) in [4.78, 5) is 4.20. The number of nitrogens with two attached hydrogens (primary N) is 2. The van der Waals surface area contributed by atoms with Crippen LogP contribution in [0.25, 0.3) is 10.9 Å². The molecule has 0 spiro atoms. The SMILES string of the molecule is NNc1c(N)cnc2cc(Br)ccc12. The van der Waals surface area contributed by atoms with Gasteiger partial charge in [0.05, 0.1) is 23.1 Å². The Balaban J connectivity index is 2.82. The molecule has 1 aromatic carbocycles. The highest BCUT2D eigenvalue weighted by molar-refractivity contribution is 9.10. The molecule has 2 aromatic rings. The lowest BCUT2D eigenvalue weighted by molar-refractivity contribution is 1.33. The fraction of sp³-hybridized carbons (Fsp3) is 0. The maximum absolute atomic E-state index is 5.72. The molecule has 4 nitrogen and oxygen atoms in total. The van der Waals surface area contributed by atoms with Crippen LogP contribution in [-0.2, 0) is 0 Å². The first-order valence-corrected chi connectivity index (χ1v) is 4.82. The molecular weight excluding hydrogens is 244 g/mol. The van der Waals surface area contributed by atoms with Crippen molar-refractivity contribution in [3.8, 4) is 0 Å². The highest BCUT2D eigenvalue weighted by Crippen LogP contribution is 2.28. The second-order valence-electron chi connectivity index (χ2n) is 2.89. The maximum atomic E-state index is 5.72. The Morgan fingerprint density at radius 3 is 2.86 bits per heavy atom. The number of benzene rings is 1. The minimum Gasteiger partial charge on any atom is -0.396 e. The number of anilines is 2. The lowest BCUT2D eigenvalue weighted by atomic mass is 10.2. The average Bonchev–Trinajstić information content (AvgIpc) is 2.18. The molecule has 5 heteroatoms. The largest absolute Gasteiger partial charge is 0.396 e. The van der Waals surface area contributed by atoms with Crippen molar-refractivity contribution in [3.63, 3.8) is 0 Å². The van der Waals surface area contributed by atoms with E-state index in [2.05, 4.69) is 26.3 Å². The summed E-state index contributed by atoms with van der Waals surface area (Å²) in [5, 5.41) is 0.913. The summed E-state index contributed by atoms with van der Waals surface area (Å²) >= 11 is 3.37. The molecule has 1 heterocycles. The maximum Gasteiger partial charge on any atom is 0.0827 e. The second-order valence-corrected chi connectivity index (χ2v) is 3.81. The molecule has 1 aromatic heterocycles. The van der Waals surface area contributed by atoms with Crippen molar-refractivity contribution in [2.75, 3.05) is 11.2 Å². The van der Waals surface area contributed by atoms with Gasteiger partial charge in [-0.2, -0.15) is 0 Å². The first-order valence-electron chi connectivity index (χ1n) is 4.02. The van der Waals surface area contributed by atoms with E-state index < -0.39 is 0 Å². The van der Waals surface area contributed by atoms with Gasteiger partial charge < -0.3 is 11.2 Å². The monoisotopic (exact) mass is 252 g/mol. The summed E-state index contributed by atoms with van der Waals surface area (Å²) in [7, 11) is 0. The lowest BCUT2D eigenvalue weighted by Crippen LogP contribution is -2.10. The van der Waals surface area contributed by atoms with E-state index in [-0.39, 0.29) is 0 Å². The molecule has 0 saturated carbocycles. The van der Waals surface area contributed by atoms with Crippen molar-refractivity contribution in [2.45, 2.75) is 0 Å². The fourth-order valence-electron chi connectivity index (χ4n) is 1.34. The summed E-state index contributed by atoms with van der Waals surface area (Å²) in [6.07, 6.45) is 1.59. The van der Waals surface area contributed by atoms with Crippen LogP contribution in [0.5, 0.6) is 0 Å².